The number of aromatic nitrogens is 2. The molecule has 1 aliphatic rings. The zero-order valence-electron chi connectivity index (χ0n) is 17.7. The van der Waals surface area contributed by atoms with E-state index >= 15 is 0 Å². The van der Waals surface area contributed by atoms with Crippen molar-refractivity contribution >= 4 is 11.3 Å². The van der Waals surface area contributed by atoms with Crippen molar-refractivity contribution in [3.8, 4) is 6.07 Å². The first-order chi connectivity index (χ1) is 14.4. The first-order valence-corrected chi connectivity index (χ1v) is 10.3. The van der Waals surface area contributed by atoms with Crippen molar-refractivity contribution < 1.29 is 4.39 Å². The molecular formula is C25H27FN4. The summed E-state index contributed by atoms with van der Waals surface area (Å²) in [6.45, 7) is 11.1. The number of nitrogens with zero attached hydrogens (tertiary/aromatic N) is 3. The Hall–Kier alpha value is -3.26. The summed E-state index contributed by atoms with van der Waals surface area (Å²) in [5.74, 6) is -0.121. The van der Waals surface area contributed by atoms with E-state index < -0.39 is 0 Å². The summed E-state index contributed by atoms with van der Waals surface area (Å²) < 4.78 is 13.7. The van der Waals surface area contributed by atoms with Gasteiger partial charge >= 0.3 is 0 Å². The van der Waals surface area contributed by atoms with Crippen molar-refractivity contribution in [3.05, 3.63) is 83.2 Å². The monoisotopic (exact) mass is 402 g/mol. The predicted octanol–water partition coefficient (Wildman–Crippen LogP) is 5.84. The summed E-state index contributed by atoms with van der Waals surface area (Å²) >= 11 is 0. The molecule has 1 aromatic heterocycles. The smallest absolute Gasteiger partial charge is 0.103 e. The summed E-state index contributed by atoms with van der Waals surface area (Å²) in [7, 11) is 0. The topological polar surface area (TPSA) is 61.6 Å². The maximum Gasteiger partial charge on any atom is 0.103 e. The Morgan fingerprint density at radius 3 is 2.87 bits per heavy atom. The average Bonchev–Trinajstić information content (AvgIpc) is 2.76. The Balaban J connectivity index is 1.83. The van der Waals surface area contributed by atoms with Crippen LogP contribution >= 0.6 is 0 Å². The number of hydrogen-bond donors (Lipinski definition) is 1. The van der Waals surface area contributed by atoms with Gasteiger partial charge in [0.05, 0.1) is 29.2 Å². The molecule has 1 heterocycles. The Morgan fingerprint density at radius 2 is 2.17 bits per heavy atom. The number of allylic oxidation sites excluding steroid dienone is 5. The second-order valence-corrected chi connectivity index (χ2v) is 7.73. The number of halogens is 1. The molecule has 30 heavy (non-hydrogen) atoms. The minimum Gasteiger partial charge on any atom is -0.385 e. The van der Waals surface area contributed by atoms with Crippen LogP contribution in [-0.2, 0) is 6.42 Å². The van der Waals surface area contributed by atoms with Gasteiger partial charge in [-0.25, -0.2) is 9.37 Å². The number of nitrogens with one attached hydrogen (secondary N) is 1. The van der Waals surface area contributed by atoms with Crippen molar-refractivity contribution in [3.63, 3.8) is 0 Å². The molecule has 4 nitrogen and oxygen atoms in total. The Kier molecular flexibility index (Phi) is 6.79. The van der Waals surface area contributed by atoms with Gasteiger partial charge in [-0.05, 0) is 48.8 Å². The largest absolute Gasteiger partial charge is 0.385 e. The van der Waals surface area contributed by atoms with Gasteiger partial charge in [-0.1, -0.05) is 32.1 Å². The molecule has 1 N–H and O–H groups in total. The Morgan fingerprint density at radius 1 is 1.37 bits per heavy atom. The third-order valence-corrected chi connectivity index (χ3v) is 5.53. The lowest BCUT2D eigenvalue weighted by atomic mass is 9.83. The van der Waals surface area contributed by atoms with Gasteiger partial charge in [0.1, 0.15) is 5.83 Å². The van der Waals surface area contributed by atoms with Crippen molar-refractivity contribution in [1.29, 1.82) is 5.26 Å². The summed E-state index contributed by atoms with van der Waals surface area (Å²) in [6.07, 6.45) is 8.13. The molecule has 0 amide bonds. The highest BCUT2D eigenvalue weighted by atomic mass is 19.1. The zero-order valence-corrected chi connectivity index (χ0v) is 17.7. The highest BCUT2D eigenvalue weighted by Gasteiger charge is 2.22. The van der Waals surface area contributed by atoms with Crippen LogP contribution < -0.4 is 5.32 Å². The van der Waals surface area contributed by atoms with Crippen LogP contribution in [0.3, 0.4) is 0 Å². The number of benzene rings is 1. The van der Waals surface area contributed by atoms with Gasteiger partial charge in [0.2, 0.25) is 0 Å². The lowest BCUT2D eigenvalue weighted by Gasteiger charge is -2.23. The number of hydrogen-bond acceptors (Lipinski definition) is 4. The lowest BCUT2D eigenvalue weighted by molar-refractivity contribution is 0.474. The molecule has 1 aromatic carbocycles. The molecule has 2 atom stereocenters. The zero-order chi connectivity index (χ0) is 21.7. The molecule has 0 spiro atoms. The molecule has 2 aromatic rings. The van der Waals surface area contributed by atoms with Crippen molar-refractivity contribution in [2.75, 3.05) is 11.9 Å². The molecule has 2 unspecified atom stereocenters. The predicted molar refractivity (Wildman–Crippen MR) is 119 cm³/mol. The first kappa shape index (κ1) is 21.4. The van der Waals surface area contributed by atoms with Crippen LogP contribution in [0, 0.1) is 23.2 Å². The molecule has 154 valence electrons. The van der Waals surface area contributed by atoms with E-state index in [1.165, 1.54) is 0 Å². The molecule has 0 bridgehead atoms. The summed E-state index contributed by atoms with van der Waals surface area (Å²) in [5.41, 5.74) is 6.19. The van der Waals surface area contributed by atoms with E-state index in [4.69, 9.17) is 4.98 Å². The van der Waals surface area contributed by atoms with Crippen LogP contribution in [-0.4, -0.2) is 16.5 Å². The van der Waals surface area contributed by atoms with E-state index in [1.807, 2.05) is 38.1 Å². The van der Waals surface area contributed by atoms with E-state index in [0.29, 0.717) is 18.4 Å². The fraction of sp³-hybridized carbons (Fsp3) is 0.320. The molecule has 0 saturated heterocycles. The molecule has 0 radical (unpaired) electrons. The molecule has 0 aliphatic heterocycles. The Labute approximate surface area is 177 Å². The maximum atomic E-state index is 13.7. The molecule has 5 heteroatoms. The van der Waals surface area contributed by atoms with Crippen molar-refractivity contribution in [2.24, 2.45) is 11.8 Å². The first-order valence-electron chi connectivity index (χ1n) is 10.3. The Bertz CT molecular complexity index is 1050. The lowest BCUT2D eigenvalue weighted by Crippen LogP contribution is -2.11. The second-order valence-electron chi connectivity index (χ2n) is 7.73. The van der Waals surface area contributed by atoms with Gasteiger partial charge in [0, 0.05) is 36.7 Å². The SMILES string of the molecule is C=C(c1cncc(Cc2cc(C#N)ccc2NCC)n1)C(C)C1=CC=C(F)C(C)C1. The van der Waals surface area contributed by atoms with Crippen molar-refractivity contribution in [1.82, 2.24) is 9.97 Å². The quantitative estimate of drug-likeness (QED) is 0.632. The van der Waals surface area contributed by atoms with Gasteiger partial charge in [0.25, 0.3) is 0 Å². The van der Waals surface area contributed by atoms with Crippen LogP contribution in [0.4, 0.5) is 10.1 Å². The van der Waals surface area contributed by atoms with Crippen molar-refractivity contribution in [2.45, 2.75) is 33.6 Å². The van der Waals surface area contributed by atoms with Gasteiger partial charge in [-0.15, -0.1) is 0 Å². The minimum atomic E-state index is -0.102. The second kappa shape index (κ2) is 9.49. The number of anilines is 1. The molecular weight excluding hydrogens is 375 g/mol. The fourth-order valence-corrected chi connectivity index (χ4v) is 3.65. The highest BCUT2D eigenvalue weighted by Crippen LogP contribution is 2.35. The molecule has 3 rings (SSSR count). The molecule has 1 aliphatic carbocycles. The maximum absolute atomic E-state index is 13.7. The van der Waals surface area contributed by atoms with E-state index in [1.54, 1.807) is 18.5 Å². The van der Waals surface area contributed by atoms with Crippen LogP contribution in [0.5, 0.6) is 0 Å². The van der Waals surface area contributed by atoms with Gasteiger partial charge in [0.15, 0.2) is 0 Å². The third kappa shape index (κ3) is 4.83. The minimum absolute atomic E-state index is 0.0561. The van der Waals surface area contributed by atoms with Crippen LogP contribution in [0.2, 0.25) is 0 Å². The summed E-state index contributed by atoms with van der Waals surface area (Å²) in [5, 5.41) is 12.6. The molecule has 0 saturated carbocycles. The standard InChI is InChI=1S/C25H27FN4/c1-5-29-24-9-6-19(13-27)11-21(24)12-22-14-28-15-25(30-22)18(4)17(3)20-7-8-23(26)16(2)10-20/h6-9,11,14-17,29H,4-5,10,12H2,1-3H3. The van der Waals surface area contributed by atoms with E-state index in [-0.39, 0.29) is 17.7 Å². The number of nitriles is 1. The normalized spacial score (nSPS) is 16.8. The van der Waals surface area contributed by atoms with E-state index in [2.05, 4.69) is 29.9 Å². The highest BCUT2D eigenvalue weighted by molar-refractivity contribution is 5.65. The molecule has 0 fully saturated rings. The summed E-state index contributed by atoms with van der Waals surface area (Å²) in [6, 6.07) is 7.82. The number of rotatable bonds is 7. The van der Waals surface area contributed by atoms with Crippen LogP contribution in [0.25, 0.3) is 5.57 Å². The van der Waals surface area contributed by atoms with Crippen LogP contribution in [0.15, 0.2) is 60.7 Å². The summed E-state index contributed by atoms with van der Waals surface area (Å²) in [4.78, 5) is 9.16. The van der Waals surface area contributed by atoms with Gasteiger partial charge in [-0.2, -0.15) is 5.26 Å². The fourth-order valence-electron chi connectivity index (χ4n) is 3.65. The van der Waals surface area contributed by atoms with Gasteiger partial charge in [-0.3, -0.25) is 4.98 Å². The third-order valence-electron chi connectivity index (χ3n) is 5.53. The van der Waals surface area contributed by atoms with Gasteiger partial charge < -0.3 is 5.32 Å². The van der Waals surface area contributed by atoms with Crippen LogP contribution in [0.1, 0.15) is 49.7 Å². The average molecular weight is 403 g/mol. The van der Waals surface area contributed by atoms with E-state index in [9.17, 15) is 9.65 Å². The van der Waals surface area contributed by atoms with E-state index in [0.717, 1.165) is 40.3 Å².